The number of nitrogens with zero attached hydrogens (tertiary/aromatic N) is 3. The molecule has 0 aromatic heterocycles. The Morgan fingerprint density at radius 3 is 2.48 bits per heavy atom. The first-order chi connectivity index (χ1) is 15.1. The average Bonchev–Trinajstić information content (AvgIpc) is 3.10. The maximum absolute atomic E-state index is 12.8. The van der Waals surface area contributed by atoms with Gasteiger partial charge in [0.2, 0.25) is 5.91 Å². The van der Waals surface area contributed by atoms with E-state index in [0.29, 0.717) is 31.8 Å². The van der Waals surface area contributed by atoms with Gasteiger partial charge in [-0.15, -0.1) is 0 Å². The van der Waals surface area contributed by atoms with Gasteiger partial charge in [0.15, 0.2) is 6.10 Å². The number of nitriles is 1. The van der Waals surface area contributed by atoms with Gasteiger partial charge in [0.25, 0.3) is 0 Å². The van der Waals surface area contributed by atoms with Crippen molar-refractivity contribution in [3.8, 4) is 11.8 Å². The van der Waals surface area contributed by atoms with Crippen molar-refractivity contribution in [2.24, 2.45) is 5.92 Å². The van der Waals surface area contributed by atoms with Crippen molar-refractivity contribution in [3.05, 3.63) is 29.8 Å². The van der Waals surface area contributed by atoms with E-state index in [1.165, 1.54) is 12.8 Å². The Balaban J connectivity index is 1.44. The summed E-state index contributed by atoms with van der Waals surface area (Å²) in [7, 11) is 0. The van der Waals surface area contributed by atoms with E-state index >= 15 is 0 Å². The van der Waals surface area contributed by atoms with E-state index in [4.69, 9.17) is 10.00 Å². The monoisotopic (exact) mass is 426 g/mol. The number of carbonyl (C=O) groups is 2. The van der Waals surface area contributed by atoms with Crippen LogP contribution in [0.4, 0.5) is 4.79 Å². The minimum Gasteiger partial charge on any atom is -0.476 e. The second-order valence-corrected chi connectivity index (χ2v) is 8.45. The third kappa shape index (κ3) is 6.61. The van der Waals surface area contributed by atoms with Crippen molar-refractivity contribution >= 4 is 11.9 Å². The van der Waals surface area contributed by atoms with Gasteiger partial charge in [-0.25, -0.2) is 4.79 Å². The molecule has 31 heavy (non-hydrogen) atoms. The second kappa shape index (κ2) is 11.6. The first-order valence-corrected chi connectivity index (χ1v) is 11.6. The minimum atomic E-state index is -0.469. The molecule has 7 heteroatoms. The summed E-state index contributed by atoms with van der Waals surface area (Å²) < 4.78 is 5.65. The van der Waals surface area contributed by atoms with Gasteiger partial charge >= 0.3 is 6.03 Å². The van der Waals surface area contributed by atoms with E-state index in [2.05, 4.69) is 11.4 Å². The fourth-order valence-corrected chi connectivity index (χ4v) is 4.26. The molecule has 2 aliphatic rings. The molecule has 0 aliphatic carbocycles. The van der Waals surface area contributed by atoms with Gasteiger partial charge in [0.1, 0.15) is 11.8 Å². The summed E-state index contributed by atoms with van der Waals surface area (Å²) in [5, 5.41) is 12.0. The minimum absolute atomic E-state index is 0.0441. The highest BCUT2D eigenvalue weighted by molar-refractivity contribution is 5.80. The highest BCUT2D eigenvalue weighted by Gasteiger charge is 2.30. The standard InChI is InChI=1S/C24H34N4O3/c1-2-21(17-25)31-22-9-7-8-19(16-22)18-26-24(30)28-14-10-20(11-15-28)23(29)27-12-5-3-4-6-13-27/h7-9,16,20-21H,2-6,10-15,18H2,1H3,(H,26,30). The quantitative estimate of drug-likeness (QED) is 0.752. The zero-order valence-corrected chi connectivity index (χ0v) is 18.5. The van der Waals surface area contributed by atoms with E-state index in [0.717, 1.165) is 44.3 Å². The van der Waals surface area contributed by atoms with Crippen LogP contribution in [0.5, 0.6) is 5.75 Å². The zero-order chi connectivity index (χ0) is 22.1. The molecule has 2 saturated heterocycles. The van der Waals surface area contributed by atoms with Gasteiger partial charge < -0.3 is 19.9 Å². The molecule has 1 aromatic carbocycles. The normalized spacial score (nSPS) is 18.6. The van der Waals surface area contributed by atoms with Gasteiger partial charge in [-0.3, -0.25) is 4.79 Å². The Morgan fingerprint density at radius 2 is 1.84 bits per heavy atom. The Labute approximate surface area is 185 Å². The maximum Gasteiger partial charge on any atom is 0.317 e. The number of piperidine rings is 1. The fraction of sp³-hybridized carbons (Fsp3) is 0.625. The average molecular weight is 427 g/mol. The third-order valence-electron chi connectivity index (χ3n) is 6.18. The lowest BCUT2D eigenvalue weighted by molar-refractivity contribution is -0.136. The molecular weight excluding hydrogens is 392 g/mol. The van der Waals surface area contributed by atoms with Crippen molar-refractivity contribution in [3.63, 3.8) is 0 Å². The number of nitrogens with one attached hydrogen (secondary N) is 1. The number of hydrogen-bond acceptors (Lipinski definition) is 4. The summed E-state index contributed by atoms with van der Waals surface area (Å²) >= 11 is 0. The number of likely N-dealkylation sites (tertiary alicyclic amines) is 2. The Bertz CT molecular complexity index is 775. The Hall–Kier alpha value is -2.75. The van der Waals surface area contributed by atoms with Crippen LogP contribution in [0.1, 0.15) is 57.4 Å². The van der Waals surface area contributed by atoms with Crippen molar-refractivity contribution in [2.45, 2.75) is 64.5 Å². The highest BCUT2D eigenvalue weighted by atomic mass is 16.5. The molecule has 1 N–H and O–H groups in total. The second-order valence-electron chi connectivity index (χ2n) is 8.45. The van der Waals surface area contributed by atoms with E-state index in [1.54, 1.807) is 4.90 Å². The van der Waals surface area contributed by atoms with Crippen LogP contribution in [-0.2, 0) is 11.3 Å². The van der Waals surface area contributed by atoms with Crippen LogP contribution in [-0.4, -0.2) is 54.0 Å². The molecule has 0 saturated carbocycles. The molecule has 1 atom stereocenters. The van der Waals surface area contributed by atoms with Crippen molar-refractivity contribution in [2.75, 3.05) is 26.2 Å². The molecule has 1 unspecified atom stereocenters. The summed E-state index contributed by atoms with van der Waals surface area (Å²) in [6.45, 7) is 5.29. The van der Waals surface area contributed by atoms with Crippen molar-refractivity contribution < 1.29 is 14.3 Å². The predicted molar refractivity (Wildman–Crippen MR) is 118 cm³/mol. The number of urea groups is 1. The third-order valence-corrected chi connectivity index (χ3v) is 6.18. The molecular formula is C24H34N4O3. The van der Waals surface area contributed by atoms with Crippen molar-refractivity contribution in [1.29, 1.82) is 5.26 Å². The van der Waals surface area contributed by atoms with Gasteiger partial charge in [-0.05, 0) is 49.8 Å². The molecule has 0 bridgehead atoms. The first-order valence-electron chi connectivity index (χ1n) is 11.6. The van der Waals surface area contributed by atoms with Gasteiger partial charge in [0.05, 0.1) is 0 Å². The molecule has 0 spiro atoms. The van der Waals surface area contributed by atoms with E-state index in [1.807, 2.05) is 36.1 Å². The molecule has 2 fully saturated rings. The predicted octanol–water partition coefficient (Wildman–Crippen LogP) is 3.69. The fourth-order valence-electron chi connectivity index (χ4n) is 4.26. The number of ether oxygens (including phenoxy) is 1. The summed E-state index contributed by atoms with van der Waals surface area (Å²) in [6.07, 6.45) is 6.27. The van der Waals surface area contributed by atoms with Crippen LogP contribution in [0.2, 0.25) is 0 Å². The van der Waals surface area contributed by atoms with Crippen LogP contribution in [0, 0.1) is 17.2 Å². The van der Waals surface area contributed by atoms with Crippen LogP contribution in [0.25, 0.3) is 0 Å². The Kier molecular flexibility index (Phi) is 8.57. The number of rotatable bonds is 6. The van der Waals surface area contributed by atoms with Crippen LogP contribution in [0.15, 0.2) is 24.3 Å². The van der Waals surface area contributed by atoms with Crippen molar-refractivity contribution in [1.82, 2.24) is 15.1 Å². The molecule has 3 amide bonds. The van der Waals surface area contributed by atoms with E-state index in [-0.39, 0.29) is 17.9 Å². The molecule has 1 aromatic rings. The lowest BCUT2D eigenvalue weighted by atomic mass is 9.95. The molecule has 168 valence electrons. The van der Waals surface area contributed by atoms with Crippen LogP contribution in [0.3, 0.4) is 0 Å². The van der Waals surface area contributed by atoms with E-state index < -0.39 is 6.10 Å². The maximum atomic E-state index is 12.8. The number of hydrogen-bond donors (Lipinski definition) is 1. The topological polar surface area (TPSA) is 85.7 Å². The van der Waals surface area contributed by atoms with E-state index in [9.17, 15) is 9.59 Å². The number of amides is 3. The lowest BCUT2D eigenvalue weighted by Crippen LogP contribution is -2.47. The number of benzene rings is 1. The first kappa shape index (κ1) is 22.9. The summed E-state index contributed by atoms with van der Waals surface area (Å²) in [5.74, 6) is 0.956. The molecule has 2 heterocycles. The van der Waals surface area contributed by atoms with Gasteiger partial charge in [0, 0.05) is 38.6 Å². The molecule has 7 nitrogen and oxygen atoms in total. The van der Waals surface area contributed by atoms with Gasteiger partial charge in [-0.1, -0.05) is 31.9 Å². The smallest absolute Gasteiger partial charge is 0.317 e. The Morgan fingerprint density at radius 1 is 1.13 bits per heavy atom. The molecule has 0 radical (unpaired) electrons. The summed E-state index contributed by atoms with van der Waals surface area (Å²) in [5.41, 5.74) is 0.921. The molecule has 3 rings (SSSR count). The highest BCUT2D eigenvalue weighted by Crippen LogP contribution is 2.22. The summed E-state index contributed by atoms with van der Waals surface area (Å²) in [6, 6.07) is 9.48. The van der Waals surface area contributed by atoms with Crippen LogP contribution >= 0.6 is 0 Å². The molecule has 2 aliphatic heterocycles. The lowest BCUT2D eigenvalue weighted by Gasteiger charge is -2.34. The summed E-state index contributed by atoms with van der Waals surface area (Å²) in [4.78, 5) is 29.3. The van der Waals surface area contributed by atoms with Crippen LogP contribution < -0.4 is 10.1 Å². The number of carbonyl (C=O) groups excluding carboxylic acids is 2. The zero-order valence-electron chi connectivity index (χ0n) is 18.5. The largest absolute Gasteiger partial charge is 0.476 e. The van der Waals surface area contributed by atoms with Gasteiger partial charge in [-0.2, -0.15) is 5.26 Å². The SMILES string of the molecule is CCC(C#N)Oc1cccc(CNC(=O)N2CCC(C(=O)N3CCCCCC3)CC2)c1.